The molecular formula is C12H15N5O. The fraction of sp³-hybridized carbons (Fsp3) is 0.500. The number of hydrogen-bond acceptors (Lipinski definition) is 6. The second kappa shape index (κ2) is 4.45. The van der Waals surface area contributed by atoms with Gasteiger partial charge in [-0.05, 0) is 39.3 Å². The van der Waals surface area contributed by atoms with Gasteiger partial charge in [0.25, 0.3) is 5.89 Å². The first-order chi connectivity index (χ1) is 8.74. The smallest absolute Gasteiger partial charge is 0.259 e. The Bertz CT molecular complexity index is 559. The van der Waals surface area contributed by atoms with Crippen LogP contribution in [-0.2, 0) is 0 Å². The summed E-state index contributed by atoms with van der Waals surface area (Å²) in [5.74, 6) is 1.26. The Morgan fingerprint density at radius 1 is 1.33 bits per heavy atom. The Labute approximate surface area is 105 Å². The van der Waals surface area contributed by atoms with Gasteiger partial charge in [0.15, 0.2) is 5.82 Å². The van der Waals surface area contributed by atoms with Crippen molar-refractivity contribution in [2.75, 3.05) is 6.54 Å². The van der Waals surface area contributed by atoms with Crippen molar-refractivity contribution < 1.29 is 4.52 Å². The SMILES string of the molecule is Cc1cc(-c2nc(C3CCCN3)no2)c(C)nn1. The molecule has 1 N–H and O–H groups in total. The minimum Gasteiger partial charge on any atom is -0.334 e. The van der Waals surface area contributed by atoms with Crippen LogP contribution in [0.15, 0.2) is 10.6 Å². The molecular weight excluding hydrogens is 230 g/mol. The predicted octanol–water partition coefficient (Wildman–Crippen LogP) is 1.57. The van der Waals surface area contributed by atoms with Crippen LogP contribution in [0.4, 0.5) is 0 Å². The van der Waals surface area contributed by atoms with Crippen LogP contribution in [0.2, 0.25) is 0 Å². The lowest BCUT2D eigenvalue weighted by atomic mass is 10.2. The molecule has 0 saturated carbocycles. The van der Waals surface area contributed by atoms with Crippen LogP contribution >= 0.6 is 0 Å². The van der Waals surface area contributed by atoms with Crippen molar-refractivity contribution in [3.63, 3.8) is 0 Å². The minimum absolute atomic E-state index is 0.221. The Morgan fingerprint density at radius 3 is 3.00 bits per heavy atom. The van der Waals surface area contributed by atoms with E-state index in [9.17, 15) is 0 Å². The predicted molar refractivity (Wildman–Crippen MR) is 64.8 cm³/mol. The summed E-state index contributed by atoms with van der Waals surface area (Å²) < 4.78 is 5.33. The third-order valence-corrected chi connectivity index (χ3v) is 3.14. The largest absolute Gasteiger partial charge is 0.334 e. The highest BCUT2D eigenvalue weighted by atomic mass is 16.5. The average Bonchev–Trinajstić information content (AvgIpc) is 3.00. The van der Waals surface area contributed by atoms with E-state index in [1.807, 2.05) is 19.9 Å². The van der Waals surface area contributed by atoms with E-state index in [2.05, 4.69) is 25.7 Å². The minimum atomic E-state index is 0.221. The van der Waals surface area contributed by atoms with Gasteiger partial charge in [-0.1, -0.05) is 5.16 Å². The highest BCUT2D eigenvalue weighted by molar-refractivity contribution is 5.55. The second-order valence-electron chi connectivity index (χ2n) is 4.59. The summed E-state index contributed by atoms with van der Waals surface area (Å²) in [6.07, 6.45) is 2.22. The van der Waals surface area contributed by atoms with Crippen LogP contribution in [0.1, 0.15) is 36.1 Å². The maximum atomic E-state index is 5.33. The molecule has 1 fully saturated rings. The third-order valence-electron chi connectivity index (χ3n) is 3.14. The van der Waals surface area contributed by atoms with Crippen molar-refractivity contribution in [3.8, 4) is 11.5 Å². The molecule has 0 aliphatic carbocycles. The number of nitrogens with one attached hydrogen (secondary N) is 1. The highest BCUT2D eigenvalue weighted by Crippen LogP contribution is 2.25. The average molecular weight is 245 g/mol. The molecule has 0 spiro atoms. The topological polar surface area (TPSA) is 76.7 Å². The molecule has 0 bridgehead atoms. The summed E-state index contributed by atoms with van der Waals surface area (Å²) in [6, 6.07) is 2.14. The Balaban J connectivity index is 1.94. The molecule has 6 nitrogen and oxygen atoms in total. The van der Waals surface area contributed by atoms with Gasteiger partial charge in [-0.25, -0.2) is 0 Å². The number of aromatic nitrogens is 4. The Morgan fingerprint density at radius 2 is 2.22 bits per heavy atom. The molecule has 0 aromatic carbocycles. The van der Waals surface area contributed by atoms with Crippen LogP contribution in [-0.4, -0.2) is 26.9 Å². The molecule has 3 rings (SSSR count). The Hall–Kier alpha value is -1.82. The van der Waals surface area contributed by atoms with Gasteiger partial charge in [0.2, 0.25) is 0 Å². The molecule has 2 aromatic heterocycles. The molecule has 1 aliphatic heterocycles. The molecule has 1 saturated heterocycles. The summed E-state index contributed by atoms with van der Waals surface area (Å²) in [7, 11) is 0. The first-order valence-corrected chi connectivity index (χ1v) is 6.12. The van der Waals surface area contributed by atoms with Crippen LogP contribution in [0.25, 0.3) is 11.5 Å². The molecule has 18 heavy (non-hydrogen) atoms. The lowest BCUT2D eigenvalue weighted by molar-refractivity contribution is 0.412. The van der Waals surface area contributed by atoms with Crippen molar-refractivity contribution in [3.05, 3.63) is 23.3 Å². The van der Waals surface area contributed by atoms with Gasteiger partial charge in [-0.15, -0.1) is 0 Å². The molecule has 0 amide bonds. The fourth-order valence-electron chi connectivity index (χ4n) is 2.16. The van der Waals surface area contributed by atoms with E-state index >= 15 is 0 Å². The van der Waals surface area contributed by atoms with Crippen molar-refractivity contribution in [2.24, 2.45) is 0 Å². The zero-order valence-electron chi connectivity index (χ0n) is 10.5. The second-order valence-corrected chi connectivity index (χ2v) is 4.59. The van der Waals surface area contributed by atoms with Crippen LogP contribution in [0.3, 0.4) is 0 Å². The molecule has 3 heterocycles. The van der Waals surface area contributed by atoms with E-state index in [1.54, 1.807) is 0 Å². The van der Waals surface area contributed by atoms with Gasteiger partial charge >= 0.3 is 0 Å². The first-order valence-electron chi connectivity index (χ1n) is 6.12. The molecule has 2 aromatic rings. The van der Waals surface area contributed by atoms with Crippen LogP contribution < -0.4 is 5.32 Å². The molecule has 94 valence electrons. The standard InChI is InChI=1S/C12H15N5O/c1-7-6-9(8(2)16-15-7)12-14-11(17-18-12)10-4-3-5-13-10/h6,10,13H,3-5H2,1-2H3. The quantitative estimate of drug-likeness (QED) is 0.865. The number of aryl methyl sites for hydroxylation is 2. The number of nitrogens with zero attached hydrogens (tertiary/aromatic N) is 4. The first kappa shape index (κ1) is 11.3. The van der Waals surface area contributed by atoms with Gasteiger partial charge in [-0.2, -0.15) is 15.2 Å². The molecule has 1 aliphatic rings. The summed E-state index contributed by atoms with van der Waals surface area (Å²) in [5, 5.41) is 15.5. The maximum Gasteiger partial charge on any atom is 0.259 e. The normalized spacial score (nSPS) is 19.3. The van der Waals surface area contributed by atoms with E-state index in [-0.39, 0.29) is 6.04 Å². The summed E-state index contributed by atoms with van der Waals surface area (Å²) in [4.78, 5) is 4.46. The van der Waals surface area contributed by atoms with E-state index in [0.717, 1.165) is 42.2 Å². The summed E-state index contributed by atoms with van der Waals surface area (Å²) in [6.45, 7) is 4.80. The van der Waals surface area contributed by atoms with Crippen LogP contribution in [0, 0.1) is 13.8 Å². The molecule has 6 heteroatoms. The van der Waals surface area contributed by atoms with Crippen molar-refractivity contribution >= 4 is 0 Å². The van der Waals surface area contributed by atoms with Gasteiger partial charge in [-0.3, -0.25) is 0 Å². The van der Waals surface area contributed by atoms with Crippen molar-refractivity contribution in [1.82, 2.24) is 25.7 Å². The zero-order valence-corrected chi connectivity index (χ0v) is 10.5. The van der Waals surface area contributed by atoms with Gasteiger partial charge in [0, 0.05) is 0 Å². The van der Waals surface area contributed by atoms with Gasteiger partial charge in [0.05, 0.1) is 23.0 Å². The fourth-order valence-corrected chi connectivity index (χ4v) is 2.16. The lowest BCUT2D eigenvalue weighted by Gasteiger charge is -2.02. The third kappa shape index (κ3) is 1.99. The molecule has 1 unspecified atom stereocenters. The Kier molecular flexibility index (Phi) is 2.79. The monoisotopic (exact) mass is 245 g/mol. The summed E-state index contributed by atoms with van der Waals surface area (Å²) >= 11 is 0. The van der Waals surface area contributed by atoms with Gasteiger partial charge < -0.3 is 9.84 Å². The number of rotatable bonds is 2. The maximum absolute atomic E-state index is 5.33. The molecule has 1 atom stereocenters. The van der Waals surface area contributed by atoms with Crippen molar-refractivity contribution in [2.45, 2.75) is 32.7 Å². The van der Waals surface area contributed by atoms with E-state index in [0.29, 0.717) is 5.89 Å². The van der Waals surface area contributed by atoms with E-state index in [1.165, 1.54) is 0 Å². The van der Waals surface area contributed by atoms with E-state index in [4.69, 9.17) is 4.52 Å². The lowest BCUT2D eigenvalue weighted by Crippen LogP contribution is -2.14. The van der Waals surface area contributed by atoms with Crippen LogP contribution in [0.5, 0.6) is 0 Å². The van der Waals surface area contributed by atoms with E-state index < -0.39 is 0 Å². The highest BCUT2D eigenvalue weighted by Gasteiger charge is 2.22. The molecule has 0 radical (unpaired) electrons. The zero-order chi connectivity index (χ0) is 12.5. The van der Waals surface area contributed by atoms with Gasteiger partial charge in [0.1, 0.15) is 0 Å². The number of hydrogen-bond donors (Lipinski definition) is 1. The summed E-state index contributed by atoms with van der Waals surface area (Å²) in [5.41, 5.74) is 2.50. The van der Waals surface area contributed by atoms with Crippen molar-refractivity contribution in [1.29, 1.82) is 0 Å².